The van der Waals surface area contributed by atoms with E-state index in [2.05, 4.69) is 13.8 Å². The van der Waals surface area contributed by atoms with Crippen molar-refractivity contribution in [1.82, 2.24) is 0 Å². The summed E-state index contributed by atoms with van der Waals surface area (Å²) in [6.07, 6.45) is 21.9. The Bertz CT molecular complexity index is 112. The Morgan fingerprint density at radius 3 is 0.632 bits per heavy atom. The molecule has 0 radical (unpaired) electrons. The van der Waals surface area contributed by atoms with E-state index in [0.717, 1.165) is 0 Å². The molecule has 0 aliphatic heterocycles. The van der Waals surface area contributed by atoms with Gasteiger partial charge >= 0.3 is 0 Å². The summed E-state index contributed by atoms with van der Waals surface area (Å²) in [5.41, 5.74) is 0. The summed E-state index contributed by atoms with van der Waals surface area (Å²) in [5, 5.41) is 0. The van der Waals surface area contributed by atoms with Crippen molar-refractivity contribution in [3.63, 3.8) is 0 Å². The highest BCUT2D eigenvalue weighted by Crippen LogP contribution is 2.13. The summed E-state index contributed by atoms with van der Waals surface area (Å²) in [7, 11) is 0. The Kier molecular flexibility index (Phi) is 31.5. The average Bonchev–Trinajstić information content (AvgIpc) is 2.35. The average molecular weight is 402 g/mol. The van der Waals surface area contributed by atoms with Crippen LogP contribution in [-0.4, -0.2) is 0 Å². The predicted molar refractivity (Wildman–Crippen MR) is 101 cm³/mol. The standard InChI is InChI=1S/C17H36.2BrH/c1-3-5-7-9-11-13-15-17-16-14-12-10-8-6-4-2;;/h3-17H2,1-2H3;2*1H. The minimum Gasteiger partial charge on any atom is -0.114 e. The molecule has 120 valence electrons. The fourth-order valence-electron chi connectivity index (χ4n) is 2.44. The SMILES string of the molecule is Br.Br.CCCCCCCCCCCCCCCCC. The van der Waals surface area contributed by atoms with Crippen LogP contribution in [0.2, 0.25) is 0 Å². The van der Waals surface area contributed by atoms with E-state index >= 15 is 0 Å². The van der Waals surface area contributed by atoms with Gasteiger partial charge in [-0.15, -0.1) is 34.0 Å². The van der Waals surface area contributed by atoms with Gasteiger partial charge in [-0.1, -0.05) is 110 Å². The Balaban J connectivity index is -0.00000128. The fraction of sp³-hybridized carbons (Fsp3) is 1.00. The zero-order chi connectivity index (χ0) is 12.6. The minimum absolute atomic E-state index is 0. The van der Waals surface area contributed by atoms with Crippen LogP contribution >= 0.6 is 34.0 Å². The normalized spacial score (nSPS) is 9.79. The van der Waals surface area contributed by atoms with Crippen LogP contribution in [0, 0.1) is 0 Å². The van der Waals surface area contributed by atoms with Crippen molar-refractivity contribution in [2.75, 3.05) is 0 Å². The molecule has 0 saturated heterocycles. The van der Waals surface area contributed by atoms with Crippen molar-refractivity contribution in [3.05, 3.63) is 0 Å². The topological polar surface area (TPSA) is 0 Å². The number of hydrogen-bond donors (Lipinski definition) is 0. The van der Waals surface area contributed by atoms with Crippen molar-refractivity contribution in [2.45, 2.75) is 110 Å². The van der Waals surface area contributed by atoms with E-state index < -0.39 is 0 Å². The minimum atomic E-state index is 0. The molecule has 0 saturated carbocycles. The summed E-state index contributed by atoms with van der Waals surface area (Å²) < 4.78 is 0. The van der Waals surface area contributed by atoms with Crippen LogP contribution in [0.3, 0.4) is 0 Å². The Labute approximate surface area is 144 Å². The number of unbranched alkanes of at least 4 members (excludes halogenated alkanes) is 14. The van der Waals surface area contributed by atoms with Crippen LogP contribution in [0.25, 0.3) is 0 Å². The molecule has 0 N–H and O–H groups in total. The molecule has 0 nitrogen and oxygen atoms in total. The molecule has 0 aromatic rings. The van der Waals surface area contributed by atoms with Crippen LogP contribution in [0.1, 0.15) is 110 Å². The van der Waals surface area contributed by atoms with Gasteiger partial charge in [0, 0.05) is 0 Å². The van der Waals surface area contributed by atoms with Gasteiger partial charge in [0.2, 0.25) is 0 Å². The zero-order valence-corrected chi connectivity index (χ0v) is 16.8. The zero-order valence-electron chi connectivity index (χ0n) is 13.4. The first-order valence-corrected chi connectivity index (χ1v) is 8.41. The highest BCUT2D eigenvalue weighted by Gasteiger charge is 1.93. The fourth-order valence-corrected chi connectivity index (χ4v) is 2.44. The van der Waals surface area contributed by atoms with E-state index in [1.54, 1.807) is 0 Å². The smallest absolute Gasteiger partial charge is 0.0533 e. The van der Waals surface area contributed by atoms with Gasteiger partial charge in [-0.3, -0.25) is 0 Å². The Hall–Kier alpha value is 0.960. The molecule has 0 aliphatic carbocycles. The predicted octanol–water partition coefficient (Wildman–Crippen LogP) is 8.03. The van der Waals surface area contributed by atoms with Gasteiger partial charge in [-0.25, -0.2) is 0 Å². The van der Waals surface area contributed by atoms with Gasteiger partial charge in [0.1, 0.15) is 0 Å². The second kappa shape index (κ2) is 24.0. The van der Waals surface area contributed by atoms with Gasteiger partial charge in [-0.2, -0.15) is 0 Å². The Morgan fingerprint density at radius 1 is 0.316 bits per heavy atom. The van der Waals surface area contributed by atoms with Gasteiger partial charge in [0.05, 0.1) is 0 Å². The summed E-state index contributed by atoms with van der Waals surface area (Å²) >= 11 is 0. The van der Waals surface area contributed by atoms with E-state index in [1.807, 2.05) is 0 Å². The quantitative estimate of drug-likeness (QED) is 0.258. The molecule has 0 amide bonds. The molecule has 0 atom stereocenters. The lowest BCUT2D eigenvalue weighted by molar-refractivity contribution is 0.534. The van der Waals surface area contributed by atoms with Crippen LogP contribution in [-0.2, 0) is 0 Å². The van der Waals surface area contributed by atoms with Crippen LogP contribution in [0.5, 0.6) is 0 Å². The third kappa shape index (κ3) is 24.4. The van der Waals surface area contributed by atoms with Gasteiger partial charge < -0.3 is 0 Å². The monoisotopic (exact) mass is 400 g/mol. The first-order chi connectivity index (χ1) is 8.41. The summed E-state index contributed by atoms with van der Waals surface area (Å²) in [4.78, 5) is 0. The van der Waals surface area contributed by atoms with E-state index in [-0.39, 0.29) is 34.0 Å². The second-order valence-electron chi connectivity index (χ2n) is 5.60. The van der Waals surface area contributed by atoms with E-state index in [9.17, 15) is 0 Å². The number of hydrogen-bond acceptors (Lipinski definition) is 0. The Morgan fingerprint density at radius 2 is 0.474 bits per heavy atom. The van der Waals surface area contributed by atoms with E-state index in [1.165, 1.54) is 96.3 Å². The lowest BCUT2D eigenvalue weighted by Crippen LogP contribution is -1.82. The van der Waals surface area contributed by atoms with E-state index in [0.29, 0.717) is 0 Å². The molecule has 0 heterocycles. The van der Waals surface area contributed by atoms with Crippen molar-refractivity contribution in [2.24, 2.45) is 0 Å². The van der Waals surface area contributed by atoms with Crippen LogP contribution in [0.4, 0.5) is 0 Å². The third-order valence-corrected chi connectivity index (χ3v) is 3.71. The number of rotatable bonds is 14. The molecule has 0 aromatic carbocycles. The molecule has 0 unspecified atom stereocenters. The van der Waals surface area contributed by atoms with Crippen molar-refractivity contribution in [3.8, 4) is 0 Å². The second-order valence-corrected chi connectivity index (χ2v) is 5.60. The first kappa shape index (κ1) is 24.9. The summed E-state index contributed by atoms with van der Waals surface area (Å²) in [5.74, 6) is 0. The molecule has 0 bridgehead atoms. The lowest BCUT2D eigenvalue weighted by atomic mass is 10.0. The van der Waals surface area contributed by atoms with Gasteiger partial charge in [0.25, 0.3) is 0 Å². The summed E-state index contributed by atoms with van der Waals surface area (Å²) in [6, 6.07) is 0. The molecule has 0 rings (SSSR count). The molecule has 0 aliphatic rings. The van der Waals surface area contributed by atoms with Crippen molar-refractivity contribution < 1.29 is 0 Å². The van der Waals surface area contributed by atoms with Crippen LogP contribution < -0.4 is 0 Å². The molecule has 2 heteroatoms. The number of halogens is 2. The molecular weight excluding hydrogens is 364 g/mol. The molecule has 0 fully saturated rings. The summed E-state index contributed by atoms with van der Waals surface area (Å²) in [6.45, 7) is 4.58. The molecule has 0 aromatic heterocycles. The third-order valence-electron chi connectivity index (χ3n) is 3.71. The maximum Gasteiger partial charge on any atom is -0.0533 e. The first-order valence-electron chi connectivity index (χ1n) is 8.41. The van der Waals surface area contributed by atoms with Gasteiger partial charge in [0.15, 0.2) is 0 Å². The van der Waals surface area contributed by atoms with Gasteiger partial charge in [-0.05, 0) is 0 Å². The highest BCUT2D eigenvalue weighted by atomic mass is 79.9. The van der Waals surface area contributed by atoms with Crippen molar-refractivity contribution in [1.29, 1.82) is 0 Å². The molecule has 0 spiro atoms. The van der Waals surface area contributed by atoms with E-state index in [4.69, 9.17) is 0 Å². The largest absolute Gasteiger partial charge is 0.114 e. The maximum atomic E-state index is 2.29. The highest BCUT2D eigenvalue weighted by molar-refractivity contribution is 8.93. The maximum absolute atomic E-state index is 2.29. The molecular formula is C17H38Br2. The van der Waals surface area contributed by atoms with Crippen molar-refractivity contribution >= 4 is 34.0 Å². The lowest BCUT2D eigenvalue weighted by Gasteiger charge is -2.02. The van der Waals surface area contributed by atoms with Crippen LogP contribution in [0.15, 0.2) is 0 Å². The molecule has 19 heavy (non-hydrogen) atoms.